The molecular weight excluding hydrogens is 354 g/mol. The molecule has 7 nitrogen and oxygen atoms in total. The largest absolute Gasteiger partial charge is 0.382 e. The average molecular weight is 386 g/mol. The Hall–Kier alpha value is -2.25. The number of likely N-dealkylation sites (tertiary alicyclic amines) is 1. The first kappa shape index (κ1) is 20.5. The van der Waals surface area contributed by atoms with Gasteiger partial charge in [-0.25, -0.2) is 0 Å². The van der Waals surface area contributed by atoms with Gasteiger partial charge in [0.25, 0.3) is 5.91 Å². The monoisotopic (exact) mass is 385 g/mol. The third kappa shape index (κ3) is 3.82. The van der Waals surface area contributed by atoms with Crippen LogP contribution in [0.25, 0.3) is 0 Å². The summed E-state index contributed by atoms with van der Waals surface area (Å²) in [7, 11) is 5.77. The molecule has 1 saturated heterocycles. The molecule has 1 aromatic rings. The minimum Gasteiger partial charge on any atom is -0.382 e. The van der Waals surface area contributed by atoms with Crippen molar-refractivity contribution in [3.8, 4) is 0 Å². The second-order valence-corrected chi connectivity index (χ2v) is 8.05. The van der Waals surface area contributed by atoms with Crippen LogP contribution >= 0.6 is 0 Å². The van der Waals surface area contributed by atoms with Gasteiger partial charge in [0, 0.05) is 65.1 Å². The Morgan fingerprint density at radius 3 is 2.68 bits per heavy atom. The van der Waals surface area contributed by atoms with Crippen molar-refractivity contribution in [3.63, 3.8) is 0 Å². The normalized spacial score (nSPS) is 28.0. The number of methoxy groups -OCH3 is 1. The summed E-state index contributed by atoms with van der Waals surface area (Å²) < 4.78 is 6.25. The van der Waals surface area contributed by atoms with Gasteiger partial charge in [0.2, 0.25) is 0 Å². The number of ether oxygens (including phenoxy) is 1. The number of carbonyl (C=O) groups is 1. The third-order valence-electron chi connectivity index (χ3n) is 6.07. The predicted octanol–water partition coefficient (Wildman–Crippen LogP) is 1.86. The lowest BCUT2D eigenvalue weighted by Crippen LogP contribution is -2.59. The number of primary amides is 1. The van der Waals surface area contributed by atoms with Gasteiger partial charge in [0.1, 0.15) is 11.3 Å². The van der Waals surface area contributed by atoms with Gasteiger partial charge in [-0.3, -0.25) is 19.7 Å². The molecular formula is C21H31N5O2. The zero-order valence-electron chi connectivity index (χ0n) is 17.1. The quantitative estimate of drug-likeness (QED) is 0.724. The van der Waals surface area contributed by atoms with Crippen LogP contribution < -0.4 is 5.73 Å². The zero-order chi connectivity index (χ0) is 20.3. The highest BCUT2D eigenvalue weighted by atomic mass is 16.5. The summed E-state index contributed by atoms with van der Waals surface area (Å²) >= 11 is 0. The second-order valence-electron chi connectivity index (χ2n) is 8.05. The summed E-state index contributed by atoms with van der Waals surface area (Å²) in [4.78, 5) is 24.4. The highest BCUT2D eigenvalue weighted by Gasteiger charge is 2.53. The van der Waals surface area contributed by atoms with Gasteiger partial charge >= 0.3 is 0 Å². The lowest BCUT2D eigenvalue weighted by Gasteiger charge is -2.55. The van der Waals surface area contributed by atoms with E-state index >= 15 is 0 Å². The van der Waals surface area contributed by atoms with E-state index < -0.39 is 11.5 Å². The van der Waals surface area contributed by atoms with E-state index in [1.165, 1.54) is 6.42 Å². The first-order chi connectivity index (χ1) is 13.4. The summed E-state index contributed by atoms with van der Waals surface area (Å²) in [5.74, 6) is 0.156. The number of hydrogen-bond donors (Lipinski definition) is 1. The van der Waals surface area contributed by atoms with Crippen molar-refractivity contribution in [2.24, 2.45) is 22.6 Å². The molecule has 2 N–H and O–H groups in total. The van der Waals surface area contributed by atoms with Crippen LogP contribution in [-0.2, 0) is 10.3 Å². The molecule has 2 fully saturated rings. The van der Waals surface area contributed by atoms with Crippen LogP contribution in [-0.4, -0.2) is 68.2 Å². The number of piperidine rings is 1. The summed E-state index contributed by atoms with van der Waals surface area (Å²) in [6, 6.07) is 3.79. The molecule has 0 aromatic carbocycles. The molecule has 1 aliphatic carbocycles. The molecule has 1 saturated carbocycles. The Kier molecular flexibility index (Phi) is 6.15. The van der Waals surface area contributed by atoms with Crippen LogP contribution in [0.4, 0.5) is 0 Å². The van der Waals surface area contributed by atoms with E-state index in [0.29, 0.717) is 17.5 Å². The van der Waals surface area contributed by atoms with Crippen LogP contribution in [0, 0.1) is 11.8 Å². The molecule has 28 heavy (non-hydrogen) atoms. The molecule has 2 heterocycles. The number of nitrogens with two attached hydrogens (primary N) is 1. The number of rotatable bonds is 7. The fourth-order valence-electron chi connectivity index (χ4n) is 5.04. The maximum Gasteiger partial charge on any atom is 0.267 e. The minimum atomic E-state index is -0.508. The fraction of sp³-hybridized carbons (Fsp3) is 0.571. The number of amides is 1. The number of nitrogens with zero attached hydrogens (tertiary/aromatic N) is 4. The lowest BCUT2D eigenvalue weighted by molar-refractivity contribution is -0.167. The smallest absolute Gasteiger partial charge is 0.267 e. The molecule has 2 aliphatic rings. The molecule has 0 spiro atoms. The molecule has 152 valence electrons. The van der Waals surface area contributed by atoms with E-state index in [1.807, 2.05) is 37.3 Å². The molecule has 3 rings (SSSR count). The lowest BCUT2D eigenvalue weighted by atomic mass is 9.62. The number of pyridine rings is 1. The van der Waals surface area contributed by atoms with Crippen molar-refractivity contribution >= 4 is 12.6 Å². The van der Waals surface area contributed by atoms with E-state index in [4.69, 9.17) is 10.5 Å². The van der Waals surface area contributed by atoms with Crippen molar-refractivity contribution in [2.45, 2.75) is 24.9 Å². The van der Waals surface area contributed by atoms with Crippen molar-refractivity contribution in [3.05, 3.63) is 41.5 Å². The highest BCUT2D eigenvalue weighted by Crippen LogP contribution is 2.51. The van der Waals surface area contributed by atoms with Crippen molar-refractivity contribution < 1.29 is 9.53 Å². The number of hydrogen-bond acceptors (Lipinski definition) is 6. The van der Waals surface area contributed by atoms with Gasteiger partial charge in [-0.1, -0.05) is 6.42 Å². The Labute approximate surface area is 167 Å². The maximum absolute atomic E-state index is 11.7. The van der Waals surface area contributed by atoms with Crippen LogP contribution in [0.5, 0.6) is 0 Å². The summed E-state index contributed by atoms with van der Waals surface area (Å²) in [5.41, 5.74) is 7.33. The molecule has 1 aromatic heterocycles. The first-order valence-electron chi connectivity index (χ1n) is 9.78. The van der Waals surface area contributed by atoms with Crippen molar-refractivity contribution in [1.29, 1.82) is 0 Å². The zero-order valence-corrected chi connectivity index (χ0v) is 17.1. The number of carbonyl (C=O) groups excluding carboxylic acids is 1. The SMILES string of the molecule is C=N/C(=C\N(C)C)CN1CC2CCCC(C1)C2(OC)c1ccnc(C(N)=O)c1. The number of aliphatic imine (C=N–C) groups is 1. The van der Waals surface area contributed by atoms with Gasteiger partial charge in [-0.2, -0.15) is 0 Å². The predicted molar refractivity (Wildman–Crippen MR) is 110 cm³/mol. The molecule has 2 atom stereocenters. The summed E-state index contributed by atoms with van der Waals surface area (Å²) in [6.45, 7) is 6.33. The van der Waals surface area contributed by atoms with E-state index in [1.54, 1.807) is 13.3 Å². The first-order valence-corrected chi connectivity index (χ1v) is 9.78. The van der Waals surface area contributed by atoms with E-state index in [9.17, 15) is 4.79 Å². The second kappa shape index (κ2) is 8.41. The van der Waals surface area contributed by atoms with Crippen LogP contribution in [0.15, 0.2) is 35.2 Å². The number of fused-ring (bicyclic) bond motifs is 2. The van der Waals surface area contributed by atoms with Crippen molar-refractivity contribution in [1.82, 2.24) is 14.8 Å². The van der Waals surface area contributed by atoms with E-state index in [-0.39, 0.29) is 0 Å². The minimum absolute atomic E-state index is 0.293. The van der Waals surface area contributed by atoms with Crippen molar-refractivity contribution in [2.75, 3.05) is 40.8 Å². The van der Waals surface area contributed by atoms with Crippen LogP contribution in [0.3, 0.4) is 0 Å². The van der Waals surface area contributed by atoms with Gasteiger partial charge in [0.15, 0.2) is 0 Å². The Balaban J connectivity index is 1.90. The van der Waals surface area contributed by atoms with Crippen LogP contribution in [0.2, 0.25) is 0 Å². The van der Waals surface area contributed by atoms with E-state index in [0.717, 1.165) is 43.7 Å². The van der Waals surface area contributed by atoms with Gasteiger partial charge in [0.05, 0.1) is 5.70 Å². The molecule has 1 amide bonds. The maximum atomic E-state index is 11.7. The van der Waals surface area contributed by atoms with Gasteiger partial charge < -0.3 is 15.4 Å². The fourth-order valence-corrected chi connectivity index (χ4v) is 5.04. The summed E-state index contributed by atoms with van der Waals surface area (Å²) in [6.07, 6.45) is 7.05. The molecule has 1 aliphatic heterocycles. The van der Waals surface area contributed by atoms with Crippen LogP contribution in [0.1, 0.15) is 35.3 Å². The van der Waals surface area contributed by atoms with Gasteiger partial charge in [-0.05, 0) is 37.3 Å². The standard InChI is InChI=1S/C21H31N5O2/c1-23-18(13-25(2)3)14-26-11-16-6-5-7-17(12-26)21(16,28-4)15-8-9-24-19(10-15)20(22)27/h8-10,13,16-17H,1,5-7,11-12,14H2,2-4H3,(H2,22,27)/b18-13-. The summed E-state index contributed by atoms with van der Waals surface area (Å²) in [5, 5.41) is 0. The molecule has 2 unspecified atom stereocenters. The Morgan fingerprint density at radius 1 is 1.46 bits per heavy atom. The number of aromatic nitrogens is 1. The highest BCUT2D eigenvalue weighted by molar-refractivity contribution is 5.90. The van der Waals surface area contributed by atoms with Gasteiger partial charge in [-0.15, -0.1) is 0 Å². The third-order valence-corrected chi connectivity index (χ3v) is 6.07. The molecule has 0 radical (unpaired) electrons. The Morgan fingerprint density at radius 2 is 2.14 bits per heavy atom. The molecule has 2 bridgehead atoms. The Bertz CT molecular complexity index is 747. The topological polar surface area (TPSA) is 84.1 Å². The van der Waals surface area contributed by atoms with E-state index in [2.05, 4.69) is 21.6 Å². The average Bonchev–Trinajstić information content (AvgIpc) is 2.66. The molecule has 7 heteroatoms.